The Morgan fingerprint density at radius 1 is 1.03 bits per heavy atom. The van der Waals surface area contributed by atoms with E-state index >= 15 is 0 Å². The summed E-state index contributed by atoms with van der Waals surface area (Å²) in [4.78, 5) is 31.1. The number of thiocarbonyl (C=S) groups is 1. The van der Waals surface area contributed by atoms with Gasteiger partial charge in [-0.25, -0.2) is 0 Å². The second-order valence-electron chi connectivity index (χ2n) is 8.44. The highest BCUT2D eigenvalue weighted by Crippen LogP contribution is 2.46. The van der Waals surface area contributed by atoms with Gasteiger partial charge in [0.1, 0.15) is 4.32 Å². The van der Waals surface area contributed by atoms with Crippen molar-refractivity contribution in [2.75, 3.05) is 11.4 Å². The first kappa shape index (κ1) is 24.2. The molecular formula is C26H27BrN2O2S2. The molecule has 0 aromatic heterocycles. The molecule has 2 aliphatic rings. The fourth-order valence-electron chi connectivity index (χ4n) is 4.33. The van der Waals surface area contributed by atoms with Gasteiger partial charge in [0.2, 0.25) is 0 Å². The van der Waals surface area contributed by atoms with Crippen molar-refractivity contribution in [1.29, 1.82) is 0 Å². The predicted molar refractivity (Wildman–Crippen MR) is 144 cm³/mol. The van der Waals surface area contributed by atoms with Crippen molar-refractivity contribution in [2.45, 2.75) is 46.1 Å². The van der Waals surface area contributed by atoms with E-state index in [1.807, 2.05) is 48.5 Å². The average Bonchev–Trinajstić information content (AvgIpc) is 3.23. The summed E-state index contributed by atoms with van der Waals surface area (Å²) >= 11 is 10.4. The van der Waals surface area contributed by atoms with E-state index in [0.717, 1.165) is 47.0 Å². The van der Waals surface area contributed by atoms with Crippen LogP contribution in [0.1, 0.15) is 50.7 Å². The second kappa shape index (κ2) is 10.5. The highest BCUT2D eigenvalue weighted by molar-refractivity contribution is 9.10. The summed E-state index contributed by atoms with van der Waals surface area (Å²) in [5.41, 5.74) is 3.10. The van der Waals surface area contributed by atoms with Gasteiger partial charge >= 0.3 is 0 Å². The molecule has 0 bridgehead atoms. The van der Waals surface area contributed by atoms with E-state index in [0.29, 0.717) is 33.8 Å². The summed E-state index contributed by atoms with van der Waals surface area (Å²) in [6.45, 7) is 5.41. The molecule has 2 heterocycles. The van der Waals surface area contributed by atoms with Crippen molar-refractivity contribution < 1.29 is 9.59 Å². The lowest BCUT2D eigenvalue weighted by Crippen LogP contribution is -2.33. The predicted octanol–water partition coefficient (Wildman–Crippen LogP) is 6.78. The molecule has 0 radical (unpaired) electrons. The number of fused-ring (bicyclic) bond motifs is 1. The monoisotopic (exact) mass is 542 g/mol. The van der Waals surface area contributed by atoms with Crippen molar-refractivity contribution in [3.05, 3.63) is 69.0 Å². The van der Waals surface area contributed by atoms with Gasteiger partial charge in [-0.1, -0.05) is 103 Å². The highest BCUT2D eigenvalue weighted by atomic mass is 79.9. The molecular weight excluding hydrogens is 516 g/mol. The van der Waals surface area contributed by atoms with Crippen LogP contribution in [-0.4, -0.2) is 27.6 Å². The molecule has 1 atom stereocenters. The molecule has 2 amide bonds. The first-order valence-electron chi connectivity index (χ1n) is 11.4. The smallest absolute Gasteiger partial charge is 0.267 e. The van der Waals surface area contributed by atoms with E-state index in [4.69, 9.17) is 12.2 Å². The number of benzene rings is 2. The fraction of sp³-hybridized carbons (Fsp3) is 0.346. The van der Waals surface area contributed by atoms with Gasteiger partial charge in [0.25, 0.3) is 11.8 Å². The molecule has 2 aromatic rings. The Morgan fingerprint density at radius 3 is 2.48 bits per heavy atom. The van der Waals surface area contributed by atoms with Crippen LogP contribution in [0, 0.1) is 5.92 Å². The minimum absolute atomic E-state index is 0.143. The number of nitrogens with zero attached hydrogens (tertiary/aromatic N) is 2. The van der Waals surface area contributed by atoms with E-state index in [1.165, 1.54) is 11.8 Å². The minimum Gasteiger partial charge on any atom is -0.303 e. The van der Waals surface area contributed by atoms with Gasteiger partial charge in [-0.3, -0.25) is 14.5 Å². The minimum atomic E-state index is -0.148. The van der Waals surface area contributed by atoms with Crippen molar-refractivity contribution in [1.82, 2.24) is 4.90 Å². The van der Waals surface area contributed by atoms with Crippen LogP contribution in [0.2, 0.25) is 0 Å². The maximum atomic E-state index is 13.7. The molecule has 7 heteroatoms. The van der Waals surface area contributed by atoms with Gasteiger partial charge in [0.15, 0.2) is 0 Å². The number of carbonyl (C=O) groups is 2. The quantitative estimate of drug-likeness (QED) is 0.272. The Labute approximate surface area is 213 Å². The molecule has 1 fully saturated rings. The number of anilines is 1. The van der Waals surface area contributed by atoms with Crippen LogP contribution in [0.25, 0.3) is 5.57 Å². The normalized spacial score (nSPS) is 18.9. The maximum absolute atomic E-state index is 13.7. The van der Waals surface area contributed by atoms with E-state index in [9.17, 15) is 9.59 Å². The van der Waals surface area contributed by atoms with E-state index in [-0.39, 0.29) is 11.8 Å². The number of halogens is 1. The first-order valence-corrected chi connectivity index (χ1v) is 13.4. The molecule has 4 nitrogen and oxygen atoms in total. The Kier molecular flexibility index (Phi) is 7.72. The van der Waals surface area contributed by atoms with Crippen LogP contribution < -0.4 is 4.90 Å². The van der Waals surface area contributed by atoms with Gasteiger partial charge in [-0.15, -0.1) is 0 Å². The molecule has 172 valence electrons. The van der Waals surface area contributed by atoms with Gasteiger partial charge in [0, 0.05) is 16.6 Å². The van der Waals surface area contributed by atoms with Crippen LogP contribution >= 0.6 is 39.9 Å². The van der Waals surface area contributed by atoms with Crippen molar-refractivity contribution >= 4 is 67.3 Å². The Hall–Kier alpha value is -1.96. The zero-order valence-electron chi connectivity index (χ0n) is 18.8. The third kappa shape index (κ3) is 4.96. The number of hydrogen-bond donors (Lipinski definition) is 0. The molecule has 0 N–H and O–H groups in total. The van der Waals surface area contributed by atoms with E-state index < -0.39 is 0 Å². The lowest BCUT2D eigenvalue weighted by atomic mass is 9.98. The Bertz CT molecular complexity index is 1120. The zero-order valence-corrected chi connectivity index (χ0v) is 22.1. The van der Waals surface area contributed by atoms with Gasteiger partial charge in [-0.05, 0) is 36.1 Å². The number of rotatable bonds is 8. The Balaban J connectivity index is 1.69. The van der Waals surface area contributed by atoms with E-state index in [1.54, 1.807) is 9.80 Å². The fourth-order valence-corrected chi connectivity index (χ4v) is 6.04. The maximum Gasteiger partial charge on any atom is 0.267 e. The molecule has 33 heavy (non-hydrogen) atoms. The van der Waals surface area contributed by atoms with Crippen LogP contribution in [0.15, 0.2) is 57.9 Å². The molecule has 2 aromatic carbocycles. The van der Waals surface area contributed by atoms with Crippen LogP contribution in [0.5, 0.6) is 0 Å². The number of thioether (sulfide) groups is 1. The molecule has 0 saturated carbocycles. The molecule has 1 saturated heterocycles. The standard InChI is InChI=1S/C26H27BrN2O2S2/c1-3-5-9-17(4-2)15-29-25(31)23(33-26(29)32)22-20-14-19(27)12-13-21(20)28(24(22)30)16-18-10-7-6-8-11-18/h6-8,10-14,17H,3-5,9,15-16H2,1-2H3/b23-22-/t17-/m0/s1. The SMILES string of the molecule is CCCC[C@H](CC)CN1C(=O)/C(=C2/C(=O)N(Cc3ccccc3)c3ccc(Br)cc32)SC1=S. The number of amides is 2. The van der Waals surface area contributed by atoms with Crippen molar-refractivity contribution in [2.24, 2.45) is 5.92 Å². The summed E-state index contributed by atoms with van der Waals surface area (Å²) < 4.78 is 1.41. The summed E-state index contributed by atoms with van der Waals surface area (Å²) in [5, 5.41) is 0. The summed E-state index contributed by atoms with van der Waals surface area (Å²) in [6.07, 6.45) is 4.36. The molecule has 0 spiro atoms. The lowest BCUT2D eigenvalue weighted by molar-refractivity contribution is -0.123. The second-order valence-corrected chi connectivity index (χ2v) is 11.0. The average molecular weight is 544 g/mol. The van der Waals surface area contributed by atoms with Crippen molar-refractivity contribution in [3.8, 4) is 0 Å². The largest absolute Gasteiger partial charge is 0.303 e. The van der Waals surface area contributed by atoms with Crippen molar-refractivity contribution in [3.63, 3.8) is 0 Å². The number of unbranched alkanes of at least 4 members (excludes halogenated alkanes) is 1. The van der Waals surface area contributed by atoms with Crippen LogP contribution in [0.3, 0.4) is 0 Å². The number of hydrogen-bond acceptors (Lipinski definition) is 4. The third-order valence-corrected chi connectivity index (χ3v) is 8.16. The third-order valence-electron chi connectivity index (χ3n) is 6.22. The highest BCUT2D eigenvalue weighted by Gasteiger charge is 2.42. The Morgan fingerprint density at radius 2 is 1.79 bits per heavy atom. The topological polar surface area (TPSA) is 40.6 Å². The van der Waals surface area contributed by atoms with Gasteiger partial charge < -0.3 is 4.90 Å². The first-order chi connectivity index (χ1) is 15.9. The molecule has 2 aliphatic heterocycles. The number of carbonyl (C=O) groups excluding carboxylic acids is 2. The summed E-state index contributed by atoms with van der Waals surface area (Å²) in [6, 6.07) is 15.7. The summed E-state index contributed by atoms with van der Waals surface area (Å²) in [7, 11) is 0. The van der Waals surface area contributed by atoms with Crippen LogP contribution in [0.4, 0.5) is 5.69 Å². The molecule has 0 unspecified atom stereocenters. The zero-order chi connectivity index (χ0) is 23.5. The van der Waals surface area contributed by atoms with Gasteiger partial charge in [-0.2, -0.15) is 0 Å². The summed E-state index contributed by atoms with van der Waals surface area (Å²) in [5.74, 6) is 0.119. The van der Waals surface area contributed by atoms with E-state index in [2.05, 4.69) is 29.8 Å². The molecule has 4 rings (SSSR count). The lowest BCUT2D eigenvalue weighted by Gasteiger charge is -2.21. The molecule has 0 aliphatic carbocycles. The van der Waals surface area contributed by atoms with Crippen LogP contribution in [-0.2, 0) is 16.1 Å². The van der Waals surface area contributed by atoms with Gasteiger partial charge in [0.05, 0.1) is 22.7 Å².